The van der Waals surface area contributed by atoms with Gasteiger partial charge in [0, 0.05) is 44.6 Å². The second kappa shape index (κ2) is 7.35. The van der Waals surface area contributed by atoms with Gasteiger partial charge in [-0.2, -0.15) is 0 Å². The van der Waals surface area contributed by atoms with Gasteiger partial charge in [-0.1, -0.05) is 11.6 Å². The predicted molar refractivity (Wildman–Crippen MR) is 113 cm³/mol. The number of pyridine rings is 1. The number of aryl methyl sites for hydroxylation is 1. The van der Waals surface area contributed by atoms with Gasteiger partial charge in [-0.15, -0.1) is 0 Å². The monoisotopic (exact) mass is 409 g/mol. The van der Waals surface area contributed by atoms with Gasteiger partial charge in [0.05, 0.1) is 34.7 Å². The molecule has 3 aromatic heterocycles. The summed E-state index contributed by atoms with van der Waals surface area (Å²) in [6, 6.07) is 5.98. The second-order valence-electron chi connectivity index (χ2n) is 7.52. The lowest BCUT2D eigenvalue weighted by molar-refractivity contribution is 0.00631. The Bertz CT molecular complexity index is 1240. The minimum absolute atomic E-state index is 0.172. The average Bonchev–Trinajstić information content (AvgIpc) is 3.12. The molecule has 1 aliphatic heterocycles. The summed E-state index contributed by atoms with van der Waals surface area (Å²) in [5, 5.41) is 1.65. The molecule has 6 nitrogen and oxygen atoms in total. The molecule has 0 saturated carbocycles. The number of imidazole rings is 1. The van der Waals surface area contributed by atoms with Crippen LogP contribution in [0.1, 0.15) is 45.8 Å². The fourth-order valence-corrected chi connectivity index (χ4v) is 4.31. The van der Waals surface area contributed by atoms with Crippen LogP contribution in [0.25, 0.3) is 21.9 Å². The summed E-state index contributed by atoms with van der Waals surface area (Å²) in [6.45, 7) is 1.67. The van der Waals surface area contributed by atoms with Crippen LogP contribution in [0.15, 0.2) is 36.8 Å². The lowest BCUT2D eigenvalue weighted by Crippen LogP contribution is -2.26. The summed E-state index contributed by atoms with van der Waals surface area (Å²) in [6.07, 6.45) is 7.41. The van der Waals surface area contributed by atoms with Crippen LogP contribution in [0.4, 0.5) is 0 Å². The van der Waals surface area contributed by atoms with Crippen LogP contribution in [0.2, 0.25) is 5.02 Å². The van der Waals surface area contributed by atoms with Crippen LogP contribution in [-0.2, 0) is 11.2 Å². The summed E-state index contributed by atoms with van der Waals surface area (Å²) < 4.78 is 23.1. The van der Waals surface area contributed by atoms with E-state index in [4.69, 9.17) is 24.1 Å². The van der Waals surface area contributed by atoms with Gasteiger partial charge < -0.3 is 9.30 Å². The molecule has 7 heteroatoms. The first-order valence-corrected chi connectivity index (χ1v) is 10.1. The van der Waals surface area contributed by atoms with Gasteiger partial charge >= 0.3 is 0 Å². The highest BCUT2D eigenvalue weighted by Gasteiger charge is 2.26. The van der Waals surface area contributed by atoms with E-state index in [-0.39, 0.29) is 12.1 Å². The van der Waals surface area contributed by atoms with Crippen molar-refractivity contribution in [1.82, 2.24) is 24.5 Å². The molecule has 2 atom stereocenters. The molecule has 0 amide bonds. The van der Waals surface area contributed by atoms with Crippen LogP contribution < -0.4 is 0 Å². The Hall–Kier alpha value is -2.57. The van der Waals surface area contributed by atoms with Gasteiger partial charge in [0.1, 0.15) is 11.3 Å². The van der Waals surface area contributed by atoms with Crippen LogP contribution in [0, 0.1) is 6.88 Å². The minimum atomic E-state index is -1.14. The number of halogens is 1. The largest absolute Gasteiger partial charge is 0.378 e. The second-order valence-corrected chi connectivity index (χ2v) is 7.96. The number of aromatic nitrogens is 5. The van der Waals surface area contributed by atoms with Crippen LogP contribution in [0.5, 0.6) is 0 Å². The average molecular weight is 410 g/mol. The molecule has 1 aromatic carbocycles. The quantitative estimate of drug-likeness (QED) is 0.492. The predicted octanol–water partition coefficient (Wildman–Crippen LogP) is 4.67. The lowest BCUT2D eigenvalue weighted by atomic mass is 10.0. The molecule has 148 valence electrons. The van der Waals surface area contributed by atoms with Gasteiger partial charge in [-0.3, -0.25) is 15.0 Å². The molecule has 4 heterocycles. The minimum Gasteiger partial charge on any atom is -0.378 e. The van der Waals surface area contributed by atoms with Crippen molar-refractivity contribution in [3.05, 3.63) is 59.0 Å². The number of fused-ring (bicyclic) bond motifs is 3. The van der Waals surface area contributed by atoms with Gasteiger partial charge in [0.2, 0.25) is 0 Å². The number of hydrogen-bond donors (Lipinski definition) is 0. The normalized spacial score (nSPS) is 20.9. The van der Waals surface area contributed by atoms with Crippen molar-refractivity contribution < 1.29 is 7.48 Å². The van der Waals surface area contributed by atoms with E-state index < -0.39 is 6.88 Å². The molecule has 0 spiro atoms. The molecule has 1 saturated heterocycles. The summed E-state index contributed by atoms with van der Waals surface area (Å²) in [7, 11) is 0. The topological polar surface area (TPSA) is 65.7 Å². The first-order chi connectivity index (χ1) is 15.0. The standard InChI is InChI=1S/C22H22ClN5O/c1-13-10-25-16(11-24-13)9-21-27-20-12-26-19-4-3-15(23)8-18(19)22(20)28(21)17-5-6-29-14(2)7-17/h3-4,8,10-12,14,17H,5-7,9H2,1-2H3/t14-,17-/m1/s1/i1D2. The highest BCUT2D eigenvalue weighted by Crippen LogP contribution is 2.34. The van der Waals surface area contributed by atoms with E-state index in [1.54, 1.807) is 6.20 Å². The molecule has 1 fully saturated rings. The molecule has 0 radical (unpaired) electrons. The van der Waals surface area contributed by atoms with E-state index in [0.717, 1.165) is 46.3 Å². The molecule has 0 aliphatic carbocycles. The van der Waals surface area contributed by atoms with E-state index in [1.165, 1.54) is 6.20 Å². The van der Waals surface area contributed by atoms with Gasteiger partial charge in [-0.25, -0.2) is 4.98 Å². The molecule has 29 heavy (non-hydrogen) atoms. The Morgan fingerprint density at radius 3 is 2.93 bits per heavy atom. The smallest absolute Gasteiger partial charge is 0.116 e. The van der Waals surface area contributed by atoms with Gasteiger partial charge in [0.15, 0.2) is 0 Å². The number of nitrogens with zero attached hydrogens (tertiary/aromatic N) is 5. The Labute approximate surface area is 176 Å². The summed E-state index contributed by atoms with van der Waals surface area (Å²) >= 11 is 6.33. The van der Waals surface area contributed by atoms with Crippen LogP contribution in [-0.4, -0.2) is 37.2 Å². The third-order valence-corrected chi connectivity index (χ3v) is 5.67. The summed E-state index contributed by atoms with van der Waals surface area (Å²) in [5.74, 6) is 0.888. The van der Waals surface area contributed by atoms with Crippen molar-refractivity contribution in [1.29, 1.82) is 0 Å². The molecule has 0 bridgehead atoms. The van der Waals surface area contributed by atoms with Crippen molar-refractivity contribution >= 4 is 33.5 Å². The van der Waals surface area contributed by atoms with E-state index in [2.05, 4.69) is 26.4 Å². The maximum absolute atomic E-state index is 7.48. The van der Waals surface area contributed by atoms with Gasteiger partial charge in [-0.05, 0) is 44.8 Å². The first-order valence-electron chi connectivity index (χ1n) is 10.9. The maximum Gasteiger partial charge on any atom is 0.116 e. The summed E-state index contributed by atoms with van der Waals surface area (Å²) in [4.78, 5) is 18.1. The third-order valence-electron chi connectivity index (χ3n) is 5.44. The SMILES string of the molecule is [2H]C([2H])c1cnc(Cc2nc3cnc4ccc(Cl)cc4c3n2[C@@H]2CCO[C@H](C)C2)cn1. The number of hydrogen-bond acceptors (Lipinski definition) is 5. The Morgan fingerprint density at radius 1 is 1.21 bits per heavy atom. The number of benzene rings is 1. The zero-order valence-electron chi connectivity index (χ0n) is 18.0. The Balaban J connectivity index is 1.67. The molecule has 0 N–H and O–H groups in total. The highest BCUT2D eigenvalue weighted by molar-refractivity contribution is 6.31. The van der Waals surface area contributed by atoms with E-state index in [1.807, 2.05) is 24.4 Å². The molecule has 5 rings (SSSR count). The van der Waals surface area contributed by atoms with Gasteiger partial charge in [0.25, 0.3) is 0 Å². The highest BCUT2D eigenvalue weighted by atomic mass is 35.5. The number of rotatable bonds is 3. The zero-order valence-corrected chi connectivity index (χ0v) is 16.8. The van der Waals surface area contributed by atoms with E-state index in [9.17, 15) is 0 Å². The molecular weight excluding hydrogens is 386 g/mol. The number of ether oxygens (including phenoxy) is 1. The Morgan fingerprint density at radius 2 is 2.14 bits per heavy atom. The summed E-state index contributed by atoms with van der Waals surface area (Å²) in [5.41, 5.74) is 3.82. The fourth-order valence-electron chi connectivity index (χ4n) is 4.14. The van der Waals surface area contributed by atoms with Crippen molar-refractivity contribution in [3.8, 4) is 0 Å². The van der Waals surface area contributed by atoms with Crippen molar-refractivity contribution in [3.63, 3.8) is 0 Å². The molecule has 1 aliphatic rings. The first kappa shape index (κ1) is 16.3. The third kappa shape index (κ3) is 3.47. The molecule has 0 unspecified atom stereocenters. The molecular formula is C22H22ClN5O. The van der Waals surface area contributed by atoms with Crippen LogP contribution >= 0.6 is 11.6 Å². The maximum atomic E-state index is 7.48. The molecule has 4 aromatic rings. The van der Waals surface area contributed by atoms with E-state index in [0.29, 0.717) is 23.7 Å². The van der Waals surface area contributed by atoms with E-state index >= 15 is 0 Å². The van der Waals surface area contributed by atoms with Crippen molar-refractivity contribution in [2.75, 3.05) is 6.61 Å². The lowest BCUT2D eigenvalue weighted by Gasteiger charge is -2.30. The fraction of sp³-hybridized carbons (Fsp3) is 0.364. The van der Waals surface area contributed by atoms with Crippen molar-refractivity contribution in [2.45, 2.75) is 45.2 Å². The zero-order chi connectivity index (χ0) is 21.5. The van der Waals surface area contributed by atoms with Crippen LogP contribution in [0.3, 0.4) is 0 Å². The van der Waals surface area contributed by atoms with Crippen molar-refractivity contribution in [2.24, 2.45) is 0 Å². The Kier molecular flexibility index (Phi) is 4.12.